The van der Waals surface area contributed by atoms with Gasteiger partial charge in [-0.1, -0.05) is 0 Å². The lowest BCUT2D eigenvalue weighted by Crippen LogP contribution is -2.02. The van der Waals surface area contributed by atoms with Gasteiger partial charge in [-0.25, -0.2) is 43.2 Å². The summed E-state index contributed by atoms with van der Waals surface area (Å²) in [6, 6.07) is 0. The third-order valence-corrected chi connectivity index (χ3v) is 4.95. The molecular weight excluding hydrogens is 473 g/mol. The third kappa shape index (κ3) is 4.45. The lowest BCUT2D eigenvalue weighted by Gasteiger charge is -2.14. The molecular formula is C18H15F2N10O3P. The van der Waals surface area contributed by atoms with Gasteiger partial charge in [0.1, 0.15) is 25.3 Å². The highest BCUT2D eigenvalue weighted by Crippen LogP contribution is 2.36. The van der Waals surface area contributed by atoms with E-state index < -0.39 is 8.25 Å². The van der Waals surface area contributed by atoms with Gasteiger partial charge in [0.2, 0.25) is 11.8 Å². The van der Waals surface area contributed by atoms with Gasteiger partial charge in [-0.15, -0.1) is 0 Å². The van der Waals surface area contributed by atoms with E-state index in [0.29, 0.717) is 0 Å². The van der Waals surface area contributed by atoms with Crippen LogP contribution in [0.4, 0.5) is 20.4 Å². The number of anilines is 2. The number of nitrogen functional groups attached to an aromatic ring is 2. The quantitative estimate of drug-likeness (QED) is 0.212. The molecule has 0 bridgehead atoms. The number of nitrogens with zero attached hydrogens (tertiary/aromatic N) is 8. The molecule has 4 rings (SSSR count). The van der Waals surface area contributed by atoms with E-state index in [1.165, 1.54) is 34.4 Å². The Hall–Kier alpha value is -4.65. The number of rotatable bonds is 8. The third-order valence-electron chi connectivity index (χ3n) is 4.20. The van der Waals surface area contributed by atoms with E-state index in [1.54, 1.807) is 0 Å². The van der Waals surface area contributed by atoms with Crippen LogP contribution >= 0.6 is 8.25 Å². The first-order valence-electron chi connectivity index (χ1n) is 9.25. The lowest BCUT2D eigenvalue weighted by molar-refractivity contribution is 0.362. The topological polar surface area (TPSA) is 175 Å². The Morgan fingerprint density at radius 1 is 0.794 bits per heavy atom. The van der Waals surface area contributed by atoms with Crippen LogP contribution in [0.15, 0.2) is 62.3 Å². The van der Waals surface area contributed by atoms with E-state index in [2.05, 4.69) is 29.9 Å². The van der Waals surface area contributed by atoms with Crippen LogP contribution in [0, 0.1) is 0 Å². The van der Waals surface area contributed by atoms with E-state index >= 15 is 0 Å². The molecule has 0 spiro atoms. The molecule has 16 heteroatoms. The number of hydrogen-bond acceptors (Lipinski definition) is 11. The minimum absolute atomic E-state index is 0.101. The second kappa shape index (κ2) is 9.87. The average molecular weight is 488 g/mol. The Labute approximate surface area is 189 Å². The summed E-state index contributed by atoms with van der Waals surface area (Å²) in [4.78, 5) is 24.0. The molecule has 4 N–H and O–H groups in total. The van der Waals surface area contributed by atoms with Crippen LogP contribution in [-0.4, -0.2) is 39.0 Å². The summed E-state index contributed by atoms with van der Waals surface area (Å²) in [5.74, 6) is -0.101. The van der Waals surface area contributed by atoms with Crippen molar-refractivity contribution in [3.63, 3.8) is 0 Å². The van der Waals surface area contributed by atoms with E-state index in [1.807, 2.05) is 0 Å². The van der Waals surface area contributed by atoms with Gasteiger partial charge in [-0.3, -0.25) is 9.13 Å². The van der Waals surface area contributed by atoms with Gasteiger partial charge in [-0.2, -0.15) is 0 Å². The zero-order valence-electron chi connectivity index (χ0n) is 17.0. The Morgan fingerprint density at radius 3 is 1.65 bits per heavy atom. The summed E-state index contributed by atoms with van der Waals surface area (Å²) in [5.41, 5.74) is 12.5. The van der Waals surface area contributed by atoms with Gasteiger partial charge >= 0.3 is 8.25 Å². The van der Waals surface area contributed by atoms with Gasteiger partial charge in [0.25, 0.3) is 0 Å². The number of nitrogens with two attached hydrogens (primary N) is 2. The Morgan fingerprint density at radius 2 is 1.24 bits per heavy atom. The monoisotopic (exact) mass is 488 g/mol. The number of allylic oxidation sites excluding steroid dienone is 4. The fourth-order valence-corrected chi connectivity index (χ4v) is 3.50. The molecule has 13 nitrogen and oxygen atoms in total. The maximum Gasteiger partial charge on any atom is 0.421 e. The first-order chi connectivity index (χ1) is 16.5. The molecule has 0 aliphatic heterocycles. The molecule has 0 saturated heterocycles. The van der Waals surface area contributed by atoms with Crippen LogP contribution < -0.4 is 11.5 Å². The van der Waals surface area contributed by atoms with E-state index in [4.69, 9.17) is 20.5 Å². The lowest BCUT2D eigenvalue weighted by atomic mass is 10.5. The molecule has 0 unspecified atom stereocenters. The number of halogens is 2. The maximum absolute atomic E-state index is 12.8. The SMILES string of the molecule is Nc1ncnc2c1ncn2C(=CC=CF)O[PH](=O)OC(=CC=CF)n1cnc2c(N)ncnc21. The molecule has 0 amide bonds. The highest BCUT2D eigenvalue weighted by atomic mass is 31.1. The van der Waals surface area contributed by atoms with Gasteiger partial charge in [-0.05, 0) is 12.2 Å². The number of fused-ring (bicyclic) bond motifs is 2. The van der Waals surface area contributed by atoms with Crippen molar-refractivity contribution in [3.05, 3.63) is 62.3 Å². The zero-order valence-corrected chi connectivity index (χ0v) is 18.0. The van der Waals surface area contributed by atoms with Gasteiger partial charge in [0.05, 0.1) is 12.7 Å². The van der Waals surface area contributed by atoms with Crippen molar-refractivity contribution in [1.82, 2.24) is 39.0 Å². The zero-order chi connectivity index (χ0) is 24.1. The fraction of sp³-hybridized carbons (Fsp3) is 0. The average Bonchev–Trinajstić information content (AvgIpc) is 3.46. The van der Waals surface area contributed by atoms with E-state index in [9.17, 15) is 13.3 Å². The normalized spacial score (nSPS) is 13.9. The number of aromatic nitrogens is 8. The van der Waals surface area contributed by atoms with Crippen LogP contribution in [0.1, 0.15) is 0 Å². The molecule has 174 valence electrons. The van der Waals surface area contributed by atoms with Crippen LogP contribution in [0.2, 0.25) is 0 Å². The largest absolute Gasteiger partial charge is 0.421 e. The van der Waals surface area contributed by atoms with Gasteiger partial charge < -0.3 is 20.5 Å². The Kier molecular flexibility index (Phi) is 6.54. The smallest absolute Gasteiger partial charge is 0.401 e. The van der Waals surface area contributed by atoms with Crippen molar-refractivity contribution >= 4 is 54.0 Å². The maximum atomic E-state index is 12.8. The highest BCUT2D eigenvalue weighted by Gasteiger charge is 2.18. The minimum atomic E-state index is -3.40. The van der Waals surface area contributed by atoms with Crippen molar-refractivity contribution in [2.24, 2.45) is 0 Å². The van der Waals surface area contributed by atoms with Crippen molar-refractivity contribution in [2.75, 3.05) is 11.5 Å². The second-order valence-electron chi connectivity index (χ2n) is 6.19. The second-order valence-corrected chi connectivity index (χ2v) is 7.10. The number of hydrogen-bond donors (Lipinski definition) is 2. The summed E-state index contributed by atoms with van der Waals surface area (Å²) in [5, 5.41) is 0. The Bertz CT molecular complexity index is 1380. The molecule has 0 atom stereocenters. The van der Waals surface area contributed by atoms with Crippen molar-refractivity contribution in [2.45, 2.75) is 0 Å². The highest BCUT2D eigenvalue weighted by molar-refractivity contribution is 7.34. The molecule has 0 radical (unpaired) electrons. The molecule has 0 aliphatic carbocycles. The van der Waals surface area contributed by atoms with Crippen LogP contribution in [-0.2, 0) is 13.6 Å². The van der Waals surface area contributed by atoms with Gasteiger partial charge in [0.15, 0.2) is 34.0 Å². The van der Waals surface area contributed by atoms with E-state index in [-0.39, 0.29) is 58.4 Å². The molecule has 0 saturated carbocycles. The standard InChI is InChI=1S/C18H15F2N10O3P/c19-5-1-3-11(29-9-27-13-15(21)23-7-25-17(13)29)32-34(31)33-12(4-2-6-20)30-10-28-14-16(22)24-8-26-18(14)30/h1-10,34H,(H2,21,23,25)(H2,22,24,26). The predicted molar refractivity (Wildman–Crippen MR) is 120 cm³/mol. The summed E-state index contributed by atoms with van der Waals surface area (Å²) < 4.78 is 51.6. The predicted octanol–water partition coefficient (Wildman–Crippen LogP) is 2.82. The first kappa shape index (κ1) is 22.5. The van der Waals surface area contributed by atoms with Crippen LogP contribution in [0.5, 0.6) is 0 Å². The van der Waals surface area contributed by atoms with Crippen LogP contribution in [0.25, 0.3) is 34.1 Å². The molecule has 34 heavy (non-hydrogen) atoms. The molecule has 4 aromatic heterocycles. The summed E-state index contributed by atoms with van der Waals surface area (Å²) >= 11 is 0. The van der Waals surface area contributed by atoms with Gasteiger partial charge in [0, 0.05) is 12.2 Å². The van der Waals surface area contributed by atoms with E-state index in [0.717, 1.165) is 24.3 Å². The molecule has 0 aliphatic rings. The molecule has 0 fully saturated rings. The molecule has 4 heterocycles. The fourth-order valence-electron chi connectivity index (χ4n) is 2.78. The summed E-state index contributed by atoms with van der Waals surface area (Å²) in [6.45, 7) is 0. The molecule has 4 aromatic rings. The summed E-state index contributed by atoms with van der Waals surface area (Å²) in [7, 11) is -3.40. The van der Waals surface area contributed by atoms with Crippen LogP contribution in [0.3, 0.4) is 0 Å². The molecule has 0 aromatic carbocycles. The van der Waals surface area contributed by atoms with Crippen molar-refractivity contribution in [1.29, 1.82) is 0 Å². The minimum Gasteiger partial charge on any atom is -0.401 e. The van der Waals surface area contributed by atoms with Crippen molar-refractivity contribution in [3.8, 4) is 0 Å². The number of imidazole rings is 2. The first-order valence-corrected chi connectivity index (χ1v) is 10.5. The summed E-state index contributed by atoms with van der Waals surface area (Å²) in [6.07, 6.45) is 9.72. The Balaban J connectivity index is 1.66. The van der Waals surface area contributed by atoms with Crippen molar-refractivity contribution < 1.29 is 22.4 Å².